The van der Waals surface area contributed by atoms with Gasteiger partial charge in [-0.25, -0.2) is 0 Å². The van der Waals surface area contributed by atoms with Crippen LogP contribution < -0.4 is 4.48 Å². The van der Waals surface area contributed by atoms with Crippen LogP contribution in [-0.4, -0.2) is 50.2 Å². The maximum absolute atomic E-state index is 11.0. The van der Waals surface area contributed by atoms with E-state index in [4.69, 9.17) is 4.74 Å². The molecule has 5 rings (SSSR count). The number of fused-ring (bicyclic) bond motifs is 2. The van der Waals surface area contributed by atoms with Crippen molar-refractivity contribution in [2.75, 3.05) is 34.4 Å². The summed E-state index contributed by atoms with van der Waals surface area (Å²) in [7, 11) is 6.23. The van der Waals surface area contributed by atoms with E-state index in [0.717, 1.165) is 28.8 Å². The van der Waals surface area contributed by atoms with E-state index in [0.29, 0.717) is 11.1 Å². The molecule has 4 nitrogen and oxygen atoms in total. The highest BCUT2D eigenvalue weighted by Crippen LogP contribution is 2.61. The van der Waals surface area contributed by atoms with Gasteiger partial charge in [-0.05, 0) is 70.3 Å². The molecule has 3 unspecified atom stereocenters. The minimum absolute atomic E-state index is 0.00545. The first-order valence-corrected chi connectivity index (χ1v) is 13.9. The van der Waals surface area contributed by atoms with Gasteiger partial charge in [0.1, 0.15) is 17.0 Å². The molecule has 206 valence electrons. The molecule has 0 radical (unpaired) electrons. The van der Waals surface area contributed by atoms with Gasteiger partial charge >= 0.3 is 0 Å². The average Bonchev–Trinajstić information content (AvgIpc) is 3.11. The van der Waals surface area contributed by atoms with E-state index in [9.17, 15) is 10.2 Å². The topological polar surface area (TPSA) is 49.7 Å². The molecule has 2 N–H and O–H groups in total. The Labute approximate surface area is 233 Å². The second kappa shape index (κ2) is 9.05. The molecule has 39 heavy (non-hydrogen) atoms. The Bertz CT molecular complexity index is 1510. The van der Waals surface area contributed by atoms with Crippen LogP contribution in [0.5, 0.6) is 0 Å². The van der Waals surface area contributed by atoms with Gasteiger partial charge in [-0.1, -0.05) is 69.8 Å². The van der Waals surface area contributed by atoms with Crippen LogP contribution in [0.4, 0.5) is 5.69 Å². The number of quaternary nitrogens is 1. The van der Waals surface area contributed by atoms with Crippen LogP contribution in [0.3, 0.4) is 0 Å². The number of aryl methyl sites for hydroxylation is 1. The third-order valence-corrected chi connectivity index (χ3v) is 10.1. The normalized spacial score (nSPS) is 24.5. The zero-order chi connectivity index (χ0) is 28.5. The molecular weight excluding hydrogens is 482 g/mol. The average molecular weight is 527 g/mol. The number of hydrogen-bond acceptors (Lipinski definition) is 3. The summed E-state index contributed by atoms with van der Waals surface area (Å²) < 4.78 is 6.34. The summed E-state index contributed by atoms with van der Waals surface area (Å²) in [6, 6.07) is 17.8. The minimum Gasteiger partial charge on any atom is -0.508 e. The largest absolute Gasteiger partial charge is 0.508 e. The first-order chi connectivity index (χ1) is 18.2. The molecule has 0 aromatic heterocycles. The number of benzene rings is 3. The third-order valence-electron chi connectivity index (χ3n) is 10.1. The zero-order valence-electron chi connectivity index (χ0n) is 24.9. The first-order valence-electron chi connectivity index (χ1n) is 13.9. The number of likely N-dealkylation sites (N-methyl/N-ethyl adjacent to an activating group) is 1. The van der Waals surface area contributed by atoms with E-state index in [1.54, 1.807) is 7.11 Å². The second-order valence-electron chi connectivity index (χ2n) is 13.4. The molecule has 2 bridgehead atoms. The van der Waals surface area contributed by atoms with Crippen LogP contribution >= 0.6 is 0 Å². The predicted octanol–water partition coefficient (Wildman–Crippen LogP) is 6.99. The van der Waals surface area contributed by atoms with Crippen molar-refractivity contribution in [3.8, 4) is 0 Å². The number of nitrogens with zero attached hydrogens (tertiary/aromatic N) is 1. The number of methoxy groups -OCH3 is 1. The van der Waals surface area contributed by atoms with Gasteiger partial charge in [0.2, 0.25) is 0 Å². The molecule has 2 aliphatic carbocycles. The standard InChI is InChI=1S/C35H43NO3/c1-22-10-15-32(28(16-22)23(2)38)36(7,8)34(6)26(21-39-9)18-25(20-37)35(34)19-24-11-12-27-29(17-24)31(35)14-13-30(27)33(3,4)5/h10-18,26,37H,2,19-21H2,1,3-9H3/p+1. The molecule has 0 heterocycles. The predicted molar refractivity (Wildman–Crippen MR) is 163 cm³/mol. The van der Waals surface area contributed by atoms with Crippen LogP contribution in [0.1, 0.15) is 55.5 Å². The highest BCUT2D eigenvalue weighted by molar-refractivity contribution is 5.93. The smallest absolute Gasteiger partial charge is 0.143 e. The molecule has 3 atom stereocenters. The summed E-state index contributed by atoms with van der Waals surface area (Å²) in [5.41, 5.74) is 6.81. The van der Waals surface area contributed by atoms with Gasteiger partial charge in [-0.2, -0.15) is 0 Å². The molecule has 3 aromatic rings. The monoisotopic (exact) mass is 526 g/mol. The molecule has 4 heteroatoms. The van der Waals surface area contributed by atoms with Crippen molar-refractivity contribution < 1.29 is 14.9 Å². The van der Waals surface area contributed by atoms with E-state index in [2.05, 4.69) is 96.9 Å². The highest BCUT2D eigenvalue weighted by atomic mass is 16.5. The van der Waals surface area contributed by atoms with Crippen LogP contribution in [-0.2, 0) is 22.0 Å². The van der Waals surface area contributed by atoms with E-state index >= 15 is 0 Å². The lowest BCUT2D eigenvalue weighted by Crippen LogP contribution is -2.72. The van der Waals surface area contributed by atoms with Gasteiger partial charge < -0.3 is 14.9 Å². The zero-order valence-corrected chi connectivity index (χ0v) is 24.9. The molecule has 0 amide bonds. The summed E-state index contributed by atoms with van der Waals surface area (Å²) in [6.07, 6.45) is 3.07. The maximum atomic E-state index is 11.0. The number of rotatable bonds is 6. The number of ether oxygens (including phenoxy) is 1. The molecule has 1 spiro atoms. The fourth-order valence-corrected chi connectivity index (χ4v) is 7.95. The van der Waals surface area contributed by atoms with Crippen molar-refractivity contribution in [1.29, 1.82) is 0 Å². The van der Waals surface area contributed by atoms with Crippen molar-refractivity contribution in [1.82, 2.24) is 4.48 Å². The van der Waals surface area contributed by atoms with Gasteiger partial charge in [0.15, 0.2) is 0 Å². The van der Waals surface area contributed by atoms with Crippen LogP contribution in [0.25, 0.3) is 16.5 Å². The Morgan fingerprint density at radius 2 is 1.79 bits per heavy atom. The Balaban J connectivity index is 1.88. The van der Waals surface area contributed by atoms with Crippen LogP contribution in [0.15, 0.2) is 66.8 Å². The molecular formula is C35H44NO3+. The summed E-state index contributed by atoms with van der Waals surface area (Å²) in [5, 5.41) is 24.3. The highest BCUT2D eigenvalue weighted by Gasteiger charge is 2.68. The van der Waals surface area contributed by atoms with Gasteiger partial charge in [0.25, 0.3) is 0 Å². The van der Waals surface area contributed by atoms with E-state index in [-0.39, 0.29) is 23.7 Å². The van der Waals surface area contributed by atoms with E-state index < -0.39 is 11.0 Å². The van der Waals surface area contributed by atoms with Crippen molar-refractivity contribution >= 4 is 22.2 Å². The lowest BCUT2D eigenvalue weighted by Gasteiger charge is -2.58. The van der Waals surface area contributed by atoms with Crippen molar-refractivity contribution in [3.63, 3.8) is 0 Å². The SMILES string of the molecule is C=C(O)c1cc(C)ccc1[N+](C)(C)C1(C)C(COC)C=C(CO)C12Cc1ccc3c(C(C)(C)C)ccc2c3c1. The second-order valence-corrected chi connectivity index (χ2v) is 13.4. The summed E-state index contributed by atoms with van der Waals surface area (Å²) in [4.78, 5) is 0. The lowest BCUT2D eigenvalue weighted by molar-refractivity contribution is 0.0248. The molecule has 0 saturated carbocycles. The maximum Gasteiger partial charge on any atom is 0.143 e. The van der Waals surface area contributed by atoms with E-state index in [1.807, 2.05) is 13.0 Å². The van der Waals surface area contributed by atoms with Gasteiger partial charge in [0, 0.05) is 13.2 Å². The Kier molecular flexibility index (Phi) is 6.42. The Hall–Kier alpha value is -2.92. The fourth-order valence-electron chi connectivity index (χ4n) is 7.95. The van der Waals surface area contributed by atoms with Crippen molar-refractivity contribution in [3.05, 3.63) is 94.6 Å². The van der Waals surface area contributed by atoms with E-state index in [1.165, 1.54) is 27.5 Å². The molecule has 3 aromatic carbocycles. The Morgan fingerprint density at radius 3 is 2.41 bits per heavy atom. The van der Waals surface area contributed by atoms with Gasteiger partial charge in [-0.15, -0.1) is 0 Å². The van der Waals surface area contributed by atoms with Crippen molar-refractivity contribution in [2.45, 2.75) is 57.4 Å². The van der Waals surface area contributed by atoms with Crippen LogP contribution in [0, 0.1) is 12.8 Å². The lowest BCUT2D eigenvalue weighted by atomic mass is 9.55. The number of aliphatic hydroxyl groups excluding tert-OH is 2. The quantitative estimate of drug-likeness (QED) is 0.207. The fraction of sp³-hybridized carbons (Fsp3) is 0.429. The summed E-state index contributed by atoms with van der Waals surface area (Å²) >= 11 is 0. The number of aliphatic hydroxyl groups is 2. The minimum atomic E-state index is -0.483. The van der Waals surface area contributed by atoms with Gasteiger partial charge in [0.05, 0.1) is 44.2 Å². The van der Waals surface area contributed by atoms with Crippen molar-refractivity contribution in [2.24, 2.45) is 5.92 Å². The van der Waals surface area contributed by atoms with Gasteiger partial charge in [-0.3, -0.25) is 4.48 Å². The third kappa shape index (κ3) is 3.68. The number of hydrogen-bond donors (Lipinski definition) is 2. The molecule has 0 fully saturated rings. The van der Waals surface area contributed by atoms with Crippen LogP contribution in [0.2, 0.25) is 0 Å². The first kappa shape index (κ1) is 27.6. The summed E-state index contributed by atoms with van der Waals surface area (Å²) in [5.74, 6) is 0.0853. The Morgan fingerprint density at radius 1 is 1.08 bits per heavy atom. The molecule has 2 aliphatic rings. The molecule has 0 aliphatic heterocycles. The summed E-state index contributed by atoms with van der Waals surface area (Å²) in [6.45, 7) is 15.6. The molecule has 0 saturated heterocycles.